The molecule has 0 aliphatic heterocycles. The summed E-state index contributed by atoms with van der Waals surface area (Å²) in [4.78, 5) is 27.7. The molecule has 88 valence electrons. The molecular formula is C13H13NO3. The first-order valence-corrected chi connectivity index (χ1v) is 5.57. The van der Waals surface area contributed by atoms with Crippen molar-refractivity contribution in [3.8, 4) is 0 Å². The SMILES string of the molecule is O=C1CCCC(=NOCc2ccccc2)C1=O. The van der Waals surface area contributed by atoms with E-state index in [1.807, 2.05) is 30.3 Å². The van der Waals surface area contributed by atoms with Crippen LogP contribution in [0.2, 0.25) is 0 Å². The van der Waals surface area contributed by atoms with Crippen molar-refractivity contribution < 1.29 is 14.4 Å². The lowest BCUT2D eigenvalue weighted by molar-refractivity contribution is -0.133. The number of benzene rings is 1. The Hall–Kier alpha value is -1.97. The van der Waals surface area contributed by atoms with Crippen LogP contribution in [-0.2, 0) is 21.0 Å². The molecule has 1 aromatic rings. The molecule has 0 amide bonds. The van der Waals surface area contributed by atoms with Crippen LogP contribution in [-0.4, -0.2) is 17.3 Å². The minimum Gasteiger partial charge on any atom is -0.391 e. The number of carbonyl (C=O) groups is 2. The van der Waals surface area contributed by atoms with Gasteiger partial charge in [-0.15, -0.1) is 0 Å². The van der Waals surface area contributed by atoms with Crippen molar-refractivity contribution in [2.24, 2.45) is 5.16 Å². The van der Waals surface area contributed by atoms with Crippen LogP contribution in [0.5, 0.6) is 0 Å². The molecule has 4 nitrogen and oxygen atoms in total. The maximum atomic E-state index is 11.4. The van der Waals surface area contributed by atoms with E-state index in [0.717, 1.165) is 5.56 Å². The van der Waals surface area contributed by atoms with Gasteiger partial charge in [-0.1, -0.05) is 35.5 Å². The standard InChI is InChI=1S/C13H13NO3/c15-12-8-4-7-11(13(12)16)14-17-9-10-5-2-1-3-6-10/h1-3,5-6H,4,7-9H2. The molecular weight excluding hydrogens is 218 g/mol. The van der Waals surface area contributed by atoms with Gasteiger partial charge in [-0.3, -0.25) is 9.59 Å². The lowest BCUT2D eigenvalue weighted by Crippen LogP contribution is -2.28. The Morgan fingerprint density at radius 2 is 1.88 bits per heavy atom. The summed E-state index contributed by atoms with van der Waals surface area (Å²) < 4.78 is 0. The van der Waals surface area contributed by atoms with Gasteiger partial charge in [0.2, 0.25) is 11.6 Å². The molecule has 1 aliphatic carbocycles. The Labute approximate surface area is 99.3 Å². The van der Waals surface area contributed by atoms with Gasteiger partial charge >= 0.3 is 0 Å². The first-order valence-electron chi connectivity index (χ1n) is 5.57. The first-order chi connectivity index (χ1) is 8.27. The van der Waals surface area contributed by atoms with E-state index in [4.69, 9.17) is 4.84 Å². The Morgan fingerprint density at radius 1 is 1.12 bits per heavy atom. The van der Waals surface area contributed by atoms with Crippen LogP contribution in [0.1, 0.15) is 24.8 Å². The molecule has 2 rings (SSSR count). The Bertz CT molecular complexity index is 451. The molecule has 0 spiro atoms. The summed E-state index contributed by atoms with van der Waals surface area (Å²) in [6.45, 7) is 0.311. The minimum absolute atomic E-state index is 0.247. The third-order valence-corrected chi connectivity index (χ3v) is 2.58. The molecule has 0 saturated heterocycles. The second-order valence-corrected chi connectivity index (χ2v) is 3.90. The molecule has 1 aliphatic rings. The molecule has 0 N–H and O–H groups in total. The lowest BCUT2D eigenvalue weighted by Gasteiger charge is -2.09. The molecule has 17 heavy (non-hydrogen) atoms. The third-order valence-electron chi connectivity index (χ3n) is 2.58. The van der Waals surface area contributed by atoms with Crippen molar-refractivity contribution in [1.82, 2.24) is 0 Å². The van der Waals surface area contributed by atoms with Gasteiger partial charge in [0.1, 0.15) is 12.3 Å². The average Bonchev–Trinajstić information content (AvgIpc) is 2.36. The zero-order valence-electron chi connectivity index (χ0n) is 9.39. The van der Waals surface area contributed by atoms with E-state index < -0.39 is 5.78 Å². The molecule has 1 aromatic carbocycles. The molecule has 0 unspecified atom stereocenters. The van der Waals surface area contributed by atoms with Crippen LogP contribution in [0.25, 0.3) is 0 Å². The van der Waals surface area contributed by atoms with Crippen LogP contribution >= 0.6 is 0 Å². The molecule has 0 bridgehead atoms. The van der Waals surface area contributed by atoms with E-state index in [1.54, 1.807) is 0 Å². The average molecular weight is 231 g/mol. The monoisotopic (exact) mass is 231 g/mol. The molecule has 4 heteroatoms. The number of nitrogens with zero attached hydrogens (tertiary/aromatic N) is 1. The summed E-state index contributed by atoms with van der Waals surface area (Å²) in [6.07, 6.45) is 1.54. The first kappa shape index (κ1) is 11.5. The lowest BCUT2D eigenvalue weighted by atomic mass is 9.96. The van der Waals surface area contributed by atoms with E-state index in [9.17, 15) is 9.59 Å². The van der Waals surface area contributed by atoms with Gasteiger partial charge in [-0.2, -0.15) is 0 Å². The fraction of sp³-hybridized carbons (Fsp3) is 0.308. The predicted molar refractivity (Wildman–Crippen MR) is 62.5 cm³/mol. The molecule has 1 saturated carbocycles. The van der Waals surface area contributed by atoms with E-state index in [2.05, 4.69) is 5.16 Å². The van der Waals surface area contributed by atoms with Gasteiger partial charge in [0.15, 0.2) is 0 Å². The summed E-state index contributed by atoms with van der Waals surface area (Å²) in [7, 11) is 0. The largest absolute Gasteiger partial charge is 0.391 e. The fourth-order valence-corrected chi connectivity index (χ4v) is 1.65. The van der Waals surface area contributed by atoms with E-state index in [0.29, 0.717) is 25.9 Å². The Morgan fingerprint density at radius 3 is 2.65 bits per heavy atom. The highest BCUT2D eigenvalue weighted by molar-refractivity contribution is 6.66. The molecule has 0 aromatic heterocycles. The van der Waals surface area contributed by atoms with Crippen molar-refractivity contribution in [2.45, 2.75) is 25.9 Å². The molecule has 0 heterocycles. The second-order valence-electron chi connectivity index (χ2n) is 3.90. The van der Waals surface area contributed by atoms with Crippen molar-refractivity contribution >= 4 is 17.3 Å². The van der Waals surface area contributed by atoms with Gasteiger partial charge < -0.3 is 4.84 Å². The number of hydrogen-bond acceptors (Lipinski definition) is 4. The maximum absolute atomic E-state index is 11.4. The third kappa shape index (κ3) is 3.00. The van der Waals surface area contributed by atoms with E-state index in [1.165, 1.54) is 0 Å². The summed E-state index contributed by atoms with van der Waals surface area (Å²) in [6, 6.07) is 9.54. The smallest absolute Gasteiger partial charge is 0.246 e. The van der Waals surface area contributed by atoms with Crippen molar-refractivity contribution in [3.63, 3.8) is 0 Å². The Kier molecular flexibility index (Phi) is 3.65. The summed E-state index contributed by atoms with van der Waals surface area (Å²) in [5, 5.41) is 3.76. The molecule has 0 atom stereocenters. The van der Waals surface area contributed by atoms with E-state index in [-0.39, 0.29) is 11.5 Å². The minimum atomic E-state index is -0.496. The van der Waals surface area contributed by atoms with Crippen LogP contribution in [0, 0.1) is 0 Å². The van der Waals surface area contributed by atoms with Crippen LogP contribution in [0.15, 0.2) is 35.5 Å². The maximum Gasteiger partial charge on any atom is 0.246 e. The highest BCUT2D eigenvalue weighted by Crippen LogP contribution is 2.10. The van der Waals surface area contributed by atoms with Gasteiger partial charge in [0.25, 0.3) is 0 Å². The van der Waals surface area contributed by atoms with Gasteiger partial charge in [-0.25, -0.2) is 0 Å². The Balaban J connectivity index is 1.92. The number of ketones is 2. The zero-order chi connectivity index (χ0) is 12.1. The van der Waals surface area contributed by atoms with Crippen molar-refractivity contribution in [2.75, 3.05) is 0 Å². The number of carbonyl (C=O) groups excluding carboxylic acids is 2. The number of hydrogen-bond donors (Lipinski definition) is 0. The number of rotatable bonds is 3. The molecule has 0 radical (unpaired) electrons. The second kappa shape index (κ2) is 5.39. The number of oxime groups is 1. The topological polar surface area (TPSA) is 55.7 Å². The van der Waals surface area contributed by atoms with Crippen molar-refractivity contribution in [3.05, 3.63) is 35.9 Å². The van der Waals surface area contributed by atoms with Gasteiger partial charge in [0, 0.05) is 6.42 Å². The van der Waals surface area contributed by atoms with Crippen molar-refractivity contribution in [1.29, 1.82) is 0 Å². The van der Waals surface area contributed by atoms with Crippen LogP contribution < -0.4 is 0 Å². The van der Waals surface area contributed by atoms with Gasteiger partial charge in [-0.05, 0) is 18.4 Å². The number of Topliss-reactive ketones (excluding diaryl/α,β-unsaturated/α-hetero) is 2. The predicted octanol–water partition coefficient (Wildman–Crippen LogP) is 1.88. The normalized spacial score (nSPS) is 18.5. The fourth-order valence-electron chi connectivity index (χ4n) is 1.65. The summed E-state index contributed by atoms with van der Waals surface area (Å²) >= 11 is 0. The van der Waals surface area contributed by atoms with Crippen LogP contribution in [0.4, 0.5) is 0 Å². The highest BCUT2D eigenvalue weighted by Gasteiger charge is 2.25. The summed E-state index contributed by atoms with van der Waals surface area (Å²) in [5.41, 5.74) is 1.23. The van der Waals surface area contributed by atoms with Gasteiger partial charge in [0.05, 0.1) is 0 Å². The van der Waals surface area contributed by atoms with E-state index >= 15 is 0 Å². The van der Waals surface area contributed by atoms with Crippen LogP contribution in [0.3, 0.4) is 0 Å². The quantitative estimate of drug-likeness (QED) is 0.589. The molecule has 1 fully saturated rings. The highest BCUT2D eigenvalue weighted by atomic mass is 16.6. The zero-order valence-corrected chi connectivity index (χ0v) is 9.39. The summed E-state index contributed by atoms with van der Waals surface area (Å²) in [5.74, 6) is -0.859.